The van der Waals surface area contributed by atoms with Gasteiger partial charge in [0.15, 0.2) is 6.23 Å². The molecule has 138 valence electrons. The predicted octanol–water partition coefficient (Wildman–Crippen LogP) is 2.19. The number of fused-ring (bicyclic) bond motifs is 1. The molecular formula is C19H28N2O4. The lowest BCUT2D eigenvalue weighted by Crippen LogP contribution is -2.56. The lowest BCUT2D eigenvalue weighted by molar-refractivity contribution is -0.140. The highest BCUT2D eigenvalue weighted by Gasteiger charge is 2.40. The first-order valence-corrected chi connectivity index (χ1v) is 8.97. The van der Waals surface area contributed by atoms with Gasteiger partial charge in [-0.25, -0.2) is 0 Å². The summed E-state index contributed by atoms with van der Waals surface area (Å²) in [5.41, 5.74) is 1.32. The molecule has 1 saturated carbocycles. The SMILES string of the molecule is COC(=O)CCCN1c2ccc(CNC3CC3)cc2OC(C)(C)C1O. The number of ether oxygens (including phenoxy) is 2. The van der Waals surface area contributed by atoms with E-state index in [9.17, 15) is 9.90 Å². The molecular weight excluding hydrogens is 320 g/mol. The second kappa shape index (κ2) is 7.22. The van der Waals surface area contributed by atoms with Crippen LogP contribution in [0.1, 0.15) is 45.1 Å². The summed E-state index contributed by atoms with van der Waals surface area (Å²) in [6, 6.07) is 6.77. The molecule has 1 aliphatic heterocycles. The highest BCUT2D eigenvalue weighted by Crippen LogP contribution is 2.40. The van der Waals surface area contributed by atoms with Crippen molar-refractivity contribution in [1.82, 2.24) is 5.32 Å². The lowest BCUT2D eigenvalue weighted by atomic mass is 10.0. The van der Waals surface area contributed by atoms with Crippen LogP contribution in [0, 0.1) is 0 Å². The number of anilines is 1. The Morgan fingerprint density at radius 1 is 1.44 bits per heavy atom. The molecule has 0 radical (unpaired) electrons. The average molecular weight is 348 g/mol. The summed E-state index contributed by atoms with van der Waals surface area (Å²) in [7, 11) is 1.39. The van der Waals surface area contributed by atoms with Crippen molar-refractivity contribution >= 4 is 11.7 Å². The summed E-state index contributed by atoms with van der Waals surface area (Å²) in [6.45, 7) is 5.15. The number of nitrogens with one attached hydrogen (secondary N) is 1. The summed E-state index contributed by atoms with van der Waals surface area (Å²) in [5, 5.41) is 14.2. The largest absolute Gasteiger partial charge is 0.481 e. The van der Waals surface area contributed by atoms with Crippen LogP contribution in [-0.2, 0) is 16.1 Å². The molecule has 0 amide bonds. The van der Waals surface area contributed by atoms with Crippen molar-refractivity contribution in [2.24, 2.45) is 0 Å². The molecule has 0 saturated heterocycles. The zero-order chi connectivity index (χ0) is 18.0. The predicted molar refractivity (Wildman–Crippen MR) is 95.6 cm³/mol. The van der Waals surface area contributed by atoms with Crippen LogP contribution in [0.5, 0.6) is 5.75 Å². The fourth-order valence-electron chi connectivity index (χ4n) is 3.12. The van der Waals surface area contributed by atoms with E-state index in [1.807, 2.05) is 30.9 Å². The van der Waals surface area contributed by atoms with Gasteiger partial charge in [0.2, 0.25) is 0 Å². The molecule has 1 atom stereocenters. The minimum atomic E-state index is -0.770. The van der Waals surface area contributed by atoms with Gasteiger partial charge < -0.3 is 24.8 Å². The normalized spacial score (nSPS) is 21.4. The van der Waals surface area contributed by atoms with Gasteiger partial charge >= 0.3 is 5.97 Å². The Bertz CT molecular complexity index is 628. The molecule has 6 nitrogen and oxygen atoms in total. The molecule has 1 aliphatic carbocycles. The van der Waals surface area contributed by atoms with Crippen molar-refractivity contribution in [2.75, 3.05) is 18.6 Å². The summed E-state index contributed by atoms with van der Waals surface area (Å²) >= 11 is 0. The molecule has 1 aromatic carbocycles. The fourth-order valence-corrected chi connectivity index (χ4v) is 3.12. The van der Waals surface area contributed by atoms with Crippen molar-refractivity contribution in [1.29, 1.82) is 0 Å². The van der Waals surface area contributed by atoms with Crippen molar-refractivity contribution in [2.45, 2.75) is 63.9 Å². The fraction of sp³-hybridized carbons (Fsp3) is 0.632. The molecule has 2 N–H and O–H groups in total. The third-order valence-corrected chi connectivity index (χ3v) is 4.80. The van der Waals surface area contributed by atoms with E-state index in [-0.39, 0.29) is 5.97 Å². The van der Waals surface area contributed by atoms with Crippen LogP contribution in [-0.4, -0.2) is 42.6 Å². The van der Waals surface area contributed by atoms with E-state index in [0.29, 0.717) is 25.4 Å². The van der Waals surface area contributed by atoms with Gasteiger partial charge in [0, 0.05) is 25.6 Å². The number of hydrogen-bond acceptors (Lipinski definition) is 6. The summed E-state index contributed by atoms with van der Waals surface area (Å²) in [5.74, 6) is 0.548. The number of rotatable bonds is 7. The Hall–Kier alpha value is -1.79. The van der Waals surface area contributed by atoms with E-state index in [1.165, 1.54) is 25.5 Å². The smallest absolute Gasteiger partial charge is 0.305 e. The molecule has 0 aromatic heterocycles. The number of nitrogens with zero attached hydrogens (tertiary/aromatic N) is 1. The molecule has 1 aromatic rings. The van der Waals surface area contributed by atoms with Crippen molar-refractivity contribution in [3.8, 4) is 5.75 Å². The van der Waals surface area contributed by atoms with Crippen molar-refractivity contribution in [3.05, 3.63) is 23.8 Å². The van der Waals surface area contributed by atoms with Gasteiger partial charge in [-0.2, -0.15) is 0 Å². The van der Waals surface area contributed by atoms with Crippen molar-refractivity contribution < 1.29 is 19.4 Å². The number of benzene rings is 1. The quantitative estimate of drug-likeness (QED) is 0.736. The molecule has 6 heteroatoms. The zero-order valence-electron chi connectivity index (χ0n) is 15.2. The van der Waals surface area contributed by atoms with Crippen LogP contribution in [0.3, 0.4) is 0 Å². The van der Waals surface area contributed by atoms with E-state index in [1.54, 1.807) is 0 Å². The van der Waals surface area contributed by atoms with Crippen LogP contribution in [0.2, 0.25) is 0 Å². The summed E-state index contributed by atoms with van der Waals surface area (Å²) < 4.78 is 10.8. The molecule has 3 rings (SSSR count). The first-order valence-electron chi connectivity index (χ1n) is 8.97. The Balaban J connectivity index is 1.74. The topological polar surface area (TPSA) is 71.0 Å². The van der Waals surface area contributed by atoms with Crippen molar-refractivity contribution in [3.63, 3.8) is 0 Å². The standard InChI is InChI=1S/C19H28N2O4/c1-19(2)18(23)21(10-4-5-17(22)24-3)15-9-6-13(11-16(15)25-19)12-20-14-7-8-14/h6,9,11,14,18,20,23H,4-5,7-8,10,12H2,1-3H3. The molecule has 2 aliphatic rings. The first kappa shape index (κ1) is 18.0. The van der Waals surface area contributed by atoms with Crippen LogP contribution in [0.25, 0.3) is 0 Å². The van der Waals surface area contributed by atoms with Gasteiger partial charge in [0.05, 0.1) is 12.8 Å². The van der Waals surface area contributed by atoms with Gasteiger partial charge in [-0.3, -0.25) is 4.79 Å². The van der Waals surface area contributed by atoms with Crippen LogP contribution >= 0.6 is 0 Å². The zero-order valence-corrected chi connectivity index (χ0v) is 15.2. The number of aliphatic hydroxyl groups is 1. The number of carbonyl (C=O) groups excluding carboxylic acids is 1. The Morgan fingerprint density at radius 3 is 2.88 bits per heavy atom. The highest BCUT2D eigenvalue weighted by molar-refractivity contribution is 5.69. The van der Waals surface area contributed by atoms with Gasteiger partial charge in [-0.05, 0) is 50.8 Å². The third kappa shape index (κ3) is 4.25. The molecule has 0 bridgehead atoms. The summed E-state index contributed by atoms with van der Waals surface area (Å²) in [6.07, 6.45) is 2.70. The number of aliphatic hydroxyl groups excluding tert-OH is 1. The van der Waals surface area contributed by atoms with E-state index >= 15 is 0 Å². The maximum Gasteiger partial charge on any atom is 0.305 e. The second-order valence-electron chi connectivity index (χ2n) is 7.41. The monoisotopic (exact) mass is 348 g/mol. The Labute approximate surface area is 149 Å². The highest BCUT2D eigenvalue weighted by atomic mass is 16.5. The second-order valence-corrected chi connectivity index (χ2v) is 7.41. The lowest BCUT2D eigenvalue weighted by Gasteiger charge is -2.45. The number of carbonyl (C=O) groups is 1. The van der Waals surface area contributed by atoms with Gasteiger partial charge in [0.25, 0.3) is 0 Å². The average Bonchev–Trinajstić information content (AvgIpc) is 3.40. The number of esters is 1. The minimum absolute atomic E-state index is 0.233. The Kier molecular flexibility index (Phi) is 5.20. The van der Waals surface area contributed by atoms with Crippen LogP contribution < -0.4 is 15.0 Å². The first-order chi connectivity index (χ1) is 11.9. The maximum absolute atomic E-state index is 11.3. The van der Waals surface area contributed by atoms with Gasteiger partial charge in [0.1, 0.15) is 11.4 Å². The molecule has 1 unspecified atom stereocenters. The Morgan fingerprint density at radius 2 is 2.20 bits per heavy atom. The molecule has 1 fully saturated rings. The molecule has 0 spiro atoms. The van der Waals surface area contributed by atoms with E-state index < -0.39 is 11.8 Å². The van der Waals surface area contributed by atoms with Gasteiger partial charge in [-0.1, -0.05) is 6.07 Å². The van der Waals surface area contributed by atoms with Gasteiger partial charge in [-0.15, -0.1) is 0 Å². The van der Waals surface area contributed by atoms with E-state index in [0.717, 1.165) is 18.0 Å². The van der Waals surface area contributed by atoms with Crippen LogP contribution in [0.4, 0.5) is 5.69 Å². The molecule has 1 heterocycles. The summed E-state index contributed by atoms with van der Waals surface area (Å²) in [4.78, 5) is 13.3. The number of hydrogen-bond donors (Lipinski definition) is 2. The molecule has 25 heavy (non-hydrogen) atoms. The van der Waals surface area contributed by atoms with E-state index in [4.69, 9.17) is 9.47 Å². The van der Waals surface area contributed by atoms with E-state index in [2.05, 4.69) is 11.4 Å². The maximum atomic E-state index is 11.3. The third-order valence-electron chi connectivity index (χ3n) is 4.80. The minimum Gasteiger partial charge on any atom is -0.481 e. The van der Waals surface area contributed by atoms with Crippen LogP contribution in [0.15, 0.2) is 18.2 Å². The number of methoxy groups -OCH3 is 1.